The van der Waals surface area contributed by atoms with Gasteiger partial charge >= 0.3 is 0 Å². The van der Waals surface area contributed by atoms with Gasteiger partial charge in [-0.15, -0.1) is 0 Å². The van der Waals surface area contributed by atoms with Crippen LogP contribution in [0.3, 0.4) is 0 Å². The van der Waals surface area contributed by atoms with Gasteiger partial charge in [0.15, 0.2) is 0 Å². The van der Waals surface area contributed by atoms with Crippen LogP contribution in [0.25, 0.3) is 0 Å². The number of amides is 1. The SMILES string of the molecule is NN1C(=O)Cc2cc(Cl)ncc21. The molecule has 2 rings (SSSR count). The summed E-state index contributed by atoms with van der Waals surface area (Å²) in [6.07, 6.45) is 1.82. The van der Waals surface area contributed by atoms with Crippen LogP contribution in [0.15, 0.2) is 12.3 Å². The van der Waals surface area contributed by atoms with E-state index in [9.17, 15) is 4.79 Å². The third kappa shape index (κ3) is 0.964. The van der Waals surface area contributed by atoms with Crippen molar-refractivity contribution in [2.75, 3.05) is 5.01 Å². The molecule has 1 aliphatic rings. The highest BCUT2D eigenvalue weighted by molar-refractivity contribution is 6.29. The van der Waals surface area contributed by atoms with Gasteiger partial charge in [0, 0.05) is 0 Å². The van der Waals surface area contributed by atoms with Crippen molar-refractivity contribution in [2.45, 2.75) is 6.42 Å². The molecule has 2 N–H and O–H groups in total. The highest BCUT2D eigenvalue weighted by atomic mass is 35.5. The van der Waals surface area contributed by atoms with Crippen LogP contribution in [0.4, 0.5) is 5.69 Å². The van der Waals surface area contributed by atoms with Crippen LogP contribution in [-0.2, 0) is 11.2 Å². The molecule has 0 atom stereocenters. The maximum absolute atomic E-state index is 11.1. The smallest absolute Gasteiger partial charge is 0.245 e. The van der Waals surface area contributed by atoms with Crippen molar-refractivity contribution in [3.05, 3.63) is 23.0 Å². The number of fused-ring (bicyclic) bond motifs is 1. The lowest BCUT2D eigenvalue weighted by Crippen LogP contribution is -2.33. The molecule has 1 amide bonds. The van der Waals surface area contributed by atoms with Crippen molar-refractivity contribution in [2.24, 2.45) is 5.84 Å². The van der Waals surface area contributed by atoms with E-state index in [1.807, 2.05) is 0 Å². The fraction of sp³-hybridized carbons (Fsp3) is 0.143. The van der Waals surface area contributed by atoms with Crippen molar-refractivity contribution in [3.8, 4) is 0 Å². The van der Waals surface area contributed by atoms with Crippen LogP contribution in [0.5, 0.6) is 0 Å². The van der Waals surface area contributed by atoms with Crippen LogP contribution in [0, 0.1) is 0 Å². The van der Waals surface area contributed by atoms with Crippen molar-refractivity contribution in [1.82, 2.24) is 4.98 Å². The topological polar surface area (TPSA) is 59.2 Å². The molecular formula is C7H6ClN3O. The standard InChI is InChI=1S/C7H6ClN3O/c8-6-1-4-2-7(12)11(9)5(4)3-10-6/h1,3H,2,9H2. The number of carbonyl (C=O) groups excluding carboxylic acids is 1. The summed E-state index contributed by atoms with van der Waals surface area (Å²) >= 11 is 5.64. The summed E-state index contributed by atoms with van der Waals surface area (Å²) in [5.41, 5.74) is 1.48. The second kappa shape index (κ2) is 2.43. The molecule has 5 heteroatoms. The van der Waals surface area contributed by atoms with Gasteiger partial charge in [-0.2, -0.15) is 0 Å². The molecule has 2 heterocycles. The average Bonchev–Trinajstić information content (AvgIpc) is 2.28. The molecule has 0 unspecified atom stereocenters. The van der Waals surface area contributed by atoms with Gasteiger partial charge < -0.3 is 0 Å². The molecule has 62 valence electrons. The van der Waals surface area contributed by atoms with Gasteiger partial charge in [-0.1, -0.05) is 11.6 Å². The van der Waals surface area contributed by atoms with Crippen LogP contribution in [-0.4, -0.2) is 10.9 Å². The van der Waals surface area contributed by atoms with Gasteiger partial charge in [0.05, 0.1) is 18.3 Å². The first-order valence-electron chi connectivity index (χ1n) is 3.40. The fourth-order valence-corrected chi connectivity index (χ4v) is 1.38. The number of aromatic nitrogens is 1. The number of nitrogens with zero attached hydrogens (tertiary/aromatic N) is 2. The molecule has 0 spiro atoms. The highest BCUT2D eigenvalue weighted by Gasteiger charge is 2.24. The lowest BCUT2D eigenvalue weighted by molar-refractivity contribution is -0.117. The van der Waals surface area contributed by atoms with Crippen molar-refractivity contribution in [3.63, 3.8) is 0 Å². The molecule has 0 aliphatic carbocycles. The van der Waals surface area contributed by atoms with E-state index in [0.29, 0.717) is 17.3 Å². The number of hydrogen-bond donors (Lipinski definition) is 1. The Morgan fingerprint density at radius 3 is 3.17 bits per heavy atom. The normalized spacial score (nSPS) is 15.2. The number of halogens is 1. The van der Waals surface area contributed by atoms with Crippen molar-refractivity contribution in [1.29, 1.82) is 0 Å². The zero-order chi connectivity index (χ0) is 8.72. The quantitative estimate of drug-likeness (QED) is 0.362. The number of nitrogens with two attached hydrogens (primary N) is 1. The molecule has 0 aromatic carbocycles. The van der Waals surface area contributed by atoms with Crippen LogP contribution in [0.1, 0.15) is 5.56 Å². The Morgan fingerprint density at radius 1 is 1.67 bits per heavy atom. The first-order chi connectivity index (χ1) is 5.68. The molecule has 0 saturated carbocycles. The van der Waals surface area contributed by atoms with E-state index >= 15 is 0 Å². The largest absolute Gasteiger partial charge is 0.273 e. The zero-order valence-corrected chi connectivity index (χ0v) is 6.88. The molecule has 1 aromatic rings. The molecule has 1 aliphatic heterocycles. The second-order valence-corrected chi connectivity index (χ2v) is 2.96. The Kier molecular flexibility index (Phi) is 1.52. The molecule has 0 bridgehead atoms. The van der Waals surface area contributed by atoms with E-state index in [0.717, 1.165) is 10.6 Å². The number of anilines is 1. The van der Waals surface area contributed by atoms with E-state index in [1.54, 1.807) is 6.07 Å². The number of pyridine rings is 1. The minimum atomic E-state index is -0.130. The van der Waals surface area contributed by atoms with Gasteiger partial charge in [-0.05, 0) is 11.6 Å². The van der Waals surface area contributed by atoms with E-state index in [-0.39, 0.29) is 5.91 Å². The summed E-state index contributed by atoms with van der Waals surface area (Å²) in [5.74, 6) is 5.31. The summed E-state index contributed by atoms with van der Waals surface area (Å²) in [6, 6.07) is 1.65. The summed E-state index contributed by atoms with van der Waals surface area (Å²) in [6.45, 7) is 0. The predicted octanol–water partition coefficient (Wildman–Crippen LogP) is 0.498. The van der Waals surface area contributed by atoms with Crippen LogP contribution in [0.2, 0.25) is 5.15 Å². The van der Waals surface area contributed by atoms with Crippen molar-refractivity contribution >= 4 is 23.2 Å². The summed E-state index contributed by atoms with van der Waals surface area (Å²) < 4.78 is 0. The monoisotopic (exact) mass is 183 g/mol. The Balaban J connectivity index is 2.54. The zero-order valence-electron chi connectivity index (χ0n) is 6.12. The molecule has 1 aromatic heterocycles. The maximum atomic E-state index is 11.1. The molecule has 0 saturated heterocycles. The van der Waals surface area contributed by atoms with Crippen LogP contribution >= 0.6 is 11.6 Å². The summed E-state index contributed by atoms with van der Waals surface area (Å²) in [4.78, 5) is 14.9. The molecule has 12 heavy (non-hydrogen) atoms. The third-order valence-corrected chi connectivity index (χ3v) is 2.01. The third-order valence-electron chi connectivity index (χ3n) is 1.80. The molecule has 4 nitrogen and oxygen atoms in total. The molecule has 0 fully saturated rings. The van der Waals surface area contributed by atoms with Gasteiger partial charge in [-0.25, -0.2) is 15.8 Å². The van der Waals surface area contributed by atoms with Gasteiger partial charge in [-0.3, -0.25) is 4.79 Å². The summed E-state index contributed by atoms with van der Waals surface area (Å²) in [7, 11) is 0. The summed E-state index contributed by atoms with van der Waals surface area (Å²) in [5, 5.41) is 1.48. The number of carbonyl (C=O) groups is 1. The van der Waals surface area contributed by atoms with E-state index in [2.05, 4.69) is 4.98 Å². The molecular weight excluding hydrogens is 178 g/mol. The minimum Gasteiger partial charge on any atom is -0.273 e. The lowest BCUT2D eigenvalue weighted by Gasteiger charge is -2.07. The Bertz CT molecular complexity index is 353. The Hall–Kier alpha value is -1.13. The van der Waals surface area contributed by atoms with E-state index in [1.165, 1.54) is 6.20 Å². The van der Waals surface area contributed by atoms with Gasteiger partial charge in [0.1, 0.15) is 5.15 Å². The first-order valence-corrected chi connectivity index (χ1v) is 3.78. The first kappa shape index (κ1) is 7.52. The number of hydrogen-bond acceptors (Lipinski definition) is 3. The van der Waals surface area contributed by atoms with Crippen LogP contribution < -0.4 is 10.9 Å². The van der Waals surface area contributed by atoms with Crippen molar-refractivity contribution < 1.29 is 4.79 Å². The van der Waals surface area contributed by atoms with Gasteiger partial charge in [0.25, 0.3) is 0 Å². The maximum Gasteiger partial charge on any atom is 0.245 e. The lowest BCUT2D eigenvalue weighted by atomic mass is 10.2. The van der Waals surface area contributed by atoms with E-state index < -0.39 is 0 Å². The highest BCUT2D eigenvalue weighted by Crippen LogP contribution is 2.26. The number of hydrazine groups is 1. The van der Waals surface area contributed by atoms with Gasteiger partial charge in [0.2, 0.25) is 5.91 Å². The minimum absolute atomic E-state index is 0.130. The Labute approximate surface area is 73.9 Å². The Morgan fingerprint density at radius 2 is 2.42 bits per heavy atom. The molecule has 0 radical (unpaired) electrons. The predicted molar refractivity (Wildman–Crippen MR) is 44.6 cm³/mol. The fourth-order valence-electron chi connectivity index (χ4n) is 1.20. The average molecular weight is 184 g/mol. The van der Waals surface area contributed by atoms with E-state index in [4.69, 9.17) is 17.4 Å². The second-order valence-electron chi connectivity index (χ2n) is 2.58. The number of rotatable bonds is 0.